The molecule has 1 heterocycles. The molecule has 0 radical (unpaired) electrons. The molecule has 1 aromatic heterocycles. The molecular formula is C12H20BrN5. The second-order valence-electron chi connectivity index (χ2n) is 4.82. The van der Waals surface area contributed by atoms with Crippen LogP contribution < -0.4 is 16.6 Å². The van der Waals surface area contributed by atoms with Gasteiger partial charge in [0.2, 0.25) is 5.95 Å². The minimum absolute atomic E-state index is 0.434. The average Bonchev–Trinajstić information content (AvgIpc) is 2.41. The molecule has 1 aromatic rings. The van der Waals surface area contributed by atoms with Crippen LogP contribution in [0.3, 0.4) is 0 Å². The van der Waals surface area contributed by atoms with Gasteiger partial charge in [0.1, 0.15) is 5.82 Å². The average molecular weight is 314 g/mol. The van der Waals surface area contributed by atoms with E-state index in [0.717, 1.165) is 16.2 Å². The van der Waals surface area contributed by atoms with Crippen molar-refractivity contribution in [1.82, 2.24) is 9.97 Å². The summed E-state index contributed by atoms with van der Waals surface area (Å²) in [5.74, 6) is 7.42. The molecule has 1 fully saturated rings. The Morgan fingerprint density at radius 2 is 2.33 bits per heavy atom. The van der Waals surface area contributed by atoms with Gasteiger partial charge in [-0.25, -0.2) is 10.8 Å². The Kier molecular flexibility index (Phi) is 4.77. The van der Waals surface area contributed by atoms with Gasteiger partial charge in [0.05, 0.1) is 4.47 Å². The standard InChI is InChI=1S/C12H20BrN5/c1-2-8-4-3-5-9(6-8)16-11-10(13)7-15-12(17-11)18-14/h7-9H,2-6,14H2,1H3,(H2,15,16,17,18). The summed E-state index contributed by atoms with van der Waals surface area (Å²) in [5.41, 5.74) is 2.47. The highest BCUT2D eigenvalue weighted by Crippen LogP contribution is 2.30. The number of rotatable bonds is 4. The van der Waals surface area contributed by atoms with Crippen molar-refractivity contribution in [3.8, 4) is 0 Å². The number of nitrogen functional groups attached to an aromatic ring is 1. The number of aromatic nitrogens is 2. The Hall–Kier alpha value is -0.880. The van der Waals surface area contributed by atoms with Crippen LogP contribution in [0.5, 0.6) is 0 Å². The molecular weight excluding hydrogens is 294 g/mol. The summed E-state index contributed by atoms with van der Waals surface area (Å²) in [4.78, 5) is 8.38. The Morgan fingerprint density at radius 1 is 1.50 bits per heavy atom. The van der Waals surface area contributed by atoms with Crippen molar-refractivity contribution in [2.45, 2.75) is 45.1 Å². The van der Waals surface area contributed by atoms with Crippen LogP contribution >= 0.6 is 15.9 Å². The van der Waals surface area contributed by atoms with Gasteiger partial charge in [0.25, 0.3) is 0 Å². The lowest BCUT2D eigenvalue weighted by molar-refractivity contribution is 0.327. The highest BCUT2D eigenvalue weighted by Gasteiger charge is 2.21. The third-order valence-electron chi connectivity index (χ3n) is 3.57. The van der Waals surface area contributed by atoms with E-state index in [0.29, 0.717) is 12.0 Å². The Bertz CT molecular complexity index is 398. The number of nitrogens with two attached hydrogens (primary N) is 1. The van der Waals surface area contributed by atoms with Gasteiger partial charge >= 0.3 is 0 Å². The molecule has 0 aliphatic heterocycles. The van der Waals surface area contributed by atoms with Gasteiger partial charge in [-0.2, -0.15) is 4.98 Å². The van der Waals surface area contributed by atoms with E-state index in [9.17, 15) is 0 Å². The number of nitrogens with zero attached hydrogens (tertiary/aromatic N) is 2. The topological polar surface area (TPSA) is 75.9 Å². The predicted molar refractivity (Wildman–Crippen MR) is 77.2 cm³/mol. The molecule has 0 amide bonds. The smallest absolute Gasteiger partial charge is 0.239 e. The normalized spacial score (nSPS) is 23.7. The number of hydrazine groups is 1. The van der Waals surface area contributed by atoms with E-state index in [1.807, 2.05) is 0 Å². The van der Waals surface area contributed by atoms with E-state index in [1.165, 1.54) is 32.1 Å². The molecule has 0 bridgehead atoms. The molecule has 1 saturated carbocycles. The van der Waals surface area contributed by atoms with Crippen LogP contribution in [-0.4, -0.2) is 16.0 Å². The van der Waals surface area contributed by atoms with E-state index in [4.69, 9.17) is 5.84 Å². The fourth-order valence-electron chi connectivity index (χ4n) is 2.52. The summed E-state index contributed by atoms with van der Waals surface area (Å²) in [5, 5.41) is 3.49. The maximum Gasteiger partial charge on any atom is 0.239 e. The molecule has 1 aliphatic rings. The molecule has 1 aliphatic carbocycles. The largest absolute Gasteiger partial charge is 0.366 e. The van der Waals surface area contributed by atoms with E-state index < -0.39 is 0 Å². The van der Waals surface area contributed by atoms with Gasteiger partial charge in [0.15, 0.2) is 0 Å². The predicted octanol–water partition coefficient (Wildman–Crippen LogP) is 2.91. The van der Waals surface area contributed by atoms with Crippen LogP contribution in [0.4, 0.5) is 11.8 Å². The molecule has 2 atom stereocenters. The maximum atomic E-state index is 5.33. The van der Waals surface area contributed by atoms with Crippen LogP contribution in [0, 0.1) is 5.92 Å². The first-order valence-corrected chi connectivity index (χ1v) is 7.28. The highest BCUT2D eigenvalue weighted by molar-refractivity contribution is 9.10. The van der Waals surface area contributed by atoms with E-state index in [-0.39, 0.29) is 0 Å². The first-order chi connectivity index (χ1) is 8.72. The van der Waals surface area contributed by atoms with Crippen LogP contribution in [-0.2, 0) is 0 Å². The monoisotopic (exact) mass is 313 g/mol. The van der Waals surface area contributed by atoms with Gasteiger partial charge in [0, 0.05) is 12.2 Å². The van der Waals surface area contributed by atoms with Crippen molar-refractivity contribution in [2.75, 3.05) is 10.7 Å². The fraction of sp³-hybridized carbons (Fsp3) is 0.667. The first-order valence-electron chi connectivity index (χ1n) is 6.48. The third kappa shape index (κ3) is 3.32. The lowest BCUT2D eigenvalue weighted by atomic mass is 9.84. The van der Waals surface area contributed by atoms with Crippen molar-refractivity contribution < 1.29 is 0 Å². The summed E-state index contributed by atoms with van der Waals surface area (Å²) in [7, 11) is 0. The number of anilines is 2. The van der Waals surface area contributed by atoms with Crippen LogP contribution in [0.15, 0.2) is 10.7 Å². The molecule has 0 aromatic carbocycles. The lowest BCUT2D eigenvalue weighted by Gasteiger charge is -2.29. The quantitative estimate of drug-likeness (QED) is 0.588. The highest BCUT2D eigenvalue weighted by atomic mass is 79.9. The van der Waals surface area contributed by atoms with Crippen molar-refractivity contribution in [3.05, 3.63) is 10.7 Å². The minimum Gasteiger partial charge on any atom is -0.366 e. The fourth-order valence-corrected chi connectivity index (χ4v) is 2.83. The summed E-state index contributed by atoms with van der Waals surface area (Å²) in [6, 6.07) is 0.500. The summed E-state index contributed by atoms with van der Waals surface area (Å²) in [6.07, 6.45) is 8.05. The molecule has 18 heavy (non-hydrogen) atoms. The van der Waals surface area contributed by atoms with Gasteiger partial charge in [-0.05, 0) is 34.7 Å². The third-order valence-corrected chi connectivity index (χ3v) is 4.15. The molecule has 0 spiro atoms. The second-order valence-corrected chi connectivity index (χ2v) is 5.67. The summed E-state index contributed by atoms with van der Waals surface area (Å²) in [6.45, 7) is 2.27. The molecule has 2 rings (SSSR count). The van der Waals surface area contributed by atoms with E-state index in [1.54, 1.807) is 6.20 Å². The molecule has 4 N–H and O–H groups in total. The number of halogens is 1. The molecule has 0 saturated heterocycles. The molecule has 5 nitrogen and oxygen atoms in total. The summed E-state index contributed by atoms with van der Waals surface area (Å²) < 4.78 is 0.875. The maximum absolute atomic E-state index is 5.33. The van der Waals surface area contributed by atoms with Crippen LogP contribution in [0.25, 0.3) is 0 Å². The Labute approximate surface area is 116 Å². The van der Waals surface area contributed by atoms with Crippen molar-refractivity contribution in [2.24, 2.45) is 11.8 Å². The van der Waals surface area contributed by atoms with Crippen molar-refractivity contribution in [1.29, 1.82) is 0 Å². The molecule has 6 heteroatoms. The number of hydrogen-bond donors (Lipinski definition) is 3. The lowest BCUT2D eigenvalue weighted by Crippen LogP contribution is -2.28. The van der Waals surface area contributed by atoms with Crippen LogP contribution in [0.2, 0.25) is 0 Å². The zero-order valence-corrected chi connectivity index (χ0v) is 12.2. The van der Waals surface area contributed by atoms with Crippen molar-refractivity contribution in [3.63, 3.8) is 0 Å². The Morgan fingerprint density at radius 3 is 3.06 bits per heavy atom. The molecule has 2 unspecified atom stereocenters. The first kappa shape index (κ1) is 13.5. The number of nitrogens with one attached hydrogen (secondary N) is 2. The minimum atomic E-state index is 0.434. The van der Waals surface area contributed by atoms with Gasteiger partial charge in [-0.1, -0.05) is 26.2 Å². The van der Waals surface area contributed by atoms with E-state index in [2.05, 4.69) is 43.6 Å². The van der Waals surface area contributed by atoms with Crippen LogP contribution in [0.1, 0.15) is 39.0 Å². The zero-order chi connectivity index (χ0) is 13.0. The zero-order valence-electron chi connectivity index (χ0n) is 10.6. The van der Waals surface area contributed by atoms with Gasteiger partial charge < -0.3 is 5.32 Å². The number of hydrogen-bond acceptors (Lipinski definition) is 5. The summed E-state index contributed by atoms with van der Waals surface area (Å²) >= 11 is 3.46. The molecule has 100 valence electrons. The van der Waals surface area contributed by atoms with Gasteiger partial charge in [-0.15, -0.1) is 0 Å². The SMILES string of the molecule is CCC1CCCC(Nc2nc(NN)ncc2Br)C1. The van der Waals surface area contributed by atoms with E-state index >= 15 is 0 Å². The second kappa shape index (κ2) is 6.33. The Balaban J connectivity index is 2.04. The van der Waals surface area contributed by atoms with Crippen molar-refractivity contribution >= 4 is 27.7 Å². The van der Waals surface area contributed by atoms with Gasteiger partial charge in [-0.3, -0.25) is 5.43 Å².